The maximum Gasteiger partial charge on any atom is 0.522 e. The Morgan fingerprint density at radius 2 is 0.771 bits per heavy atom. The molecule has 47 heteroatoms. The van der Waals surface area contributed by atoms with Gasteiger partial charge >= 0.3 is 65.3 Å². The Bertz CT molecular complexity index is 3530. The van der Waals surface area contributed by atoms with Gasteiger partial charge in [0.25, 0.3) is 0 Å². The SMILES string of the molecule is CCOC(=O)OC(=O)OCC.CCOC(=O)OC[C@H]1O[C@@H](Oc2nn(C(C)C)c(C)c2Cc2ccc(OC(C)C)cc2)[C@H](O)[C@@H](O)[C@@H]1O.Cc1c(Cc2ccc(OC(C)C)cc2)c(O[C@@H]2O[C@H](CO)[C@@H](O)[C@H](O)[C@H]2O)nn1C(C)C.O=S(=O)(O)C(F)(F)F.O=S(=O)(O)C(F)(F)F.O=S(=O)(O)C(F)(F)F.[Sc]. The van der Waals surface area contributed by atoms with Crippen LogP contribution in [0, 0.1) is 13.8 Å². The van der Waals surface area contributed by atoms with E-state index in [9.17, 15) is 89.6 Å². The van der Waals surface area contributed by atoms with Crippen LogP contribution in [0.15, 0.2) is 48.5 Å². The van der Waals surface area contributed by atoms with Gasteiger partial charge in [0, 0.05) is 73.3 Å². The number of aromatic nitrogens is 4. The van der Waals surface area contributed by atoms with Gasteiger partial charge in [0.2, 0.25) is 24.3 Å². The fourth-order valence-corrected chi connectivity index (χ4v) is 8.19. The molecule has 2 aliphatic heterocycles. The third-order valence-electron chi connectivity index (χ3n) is 13.0. The van der Waals surface area contributed by atoms with Gasteiger partial charge in [0.15, 0.2) is 0 Å². The number of aliphatic hydroxyl groups excluding tert-OH is 7. The minimum absolute atomic E-state index is 0. The molecule has 105 heavy (non-hydrogen) atoms. The number of carbonyl (C=O) groups is 3. The molecule has 2 aliphatic rings. The molecule has 10 N–H and O–H groups in total. The van der Waals surface area contributed by atoms with Crippen molar-refractivity contribution in [1.82, 2.24) is 19.6 Å². The van der Waals surface area contributed by atoms with Gasteiger partial charge in [-0.2, -0.15) is 64.8 Å². The zero-order chi connectivity index (χ0) is 80.5. The summed E-state index contributed by atoms with van der Waals surface area (Å²) in [5.41, 5.74) is -11.2. The predicted octanol–water partition coefficient (Wildman–Crippen LogP) is 6.33. The van der Waals surface area contributed by atoms with E-state index in [2.05, 4.69) is 24.4 Å². The van der Waals surface area contributed by atoms with Gasteiger partial charge in [-0.1, -0.05) is 24.3 Å². The molecule has 1 radical (unpaired) electrons. The summed E-state index contributed by atoms with van der Waals surface area (Å²) < 4.78 is 233. The number of aliphatic hydroxyl groups is 7. The van der Waals surface area contributed by atoms with Crippen molar-refractivity contribution in [2.45, 2.75) is 205 Å². The van der Waals surface area contributed by atoms with Gasteiger partial charge in [0.1, 0.15) is 66.9 Å². The maximum absolute atomic E-state index is 11.6. The van der Waals surface area contributed by atoms with Crippen molar-refractivity contribution in [3.8, 4) is 23.3 Å². The van der Waals surface area contributed by atoms with Crippen LogP contribution in [0.25, 0.3) is 0 Å². The van der Waals surface area contributed by atoms with E-state index in [-0.39, 0.29) is 81.7 Å². The van der Waals surface area contributed by atoms with Crippen LogP contribution in [0.2, 0.25) is 0 Å². The largest absolute Gasteiger partial charge is 0.522 e. The average Bonchev–Trinajstić information content (AvgIpc) is 1.71. The van der Waals surface area contributed by atoms with Crippen LogP contribution in [0.4, 0.5) is 53.9 Å². The molecular weight excluding hydrogens is 1540 g/mol. The third-order valence-corrected chi connectivity index (χ3v) is 14.7. The van der Waals surface area contributed by atoms with E-state index in [4.69, 9.17) is 76.8 Å². The molecule has 601 valence electrons. The molecule has 2 aromatic heterocycles. The zero-order valence-electron chi connectivity index (χ0n) is 58.3. The van der Waals surface area contributed by atoms with Crippen LogP contribution in [0.3, 0.4) is 0 Å². The summed E-state index contributed by atoms with van der Waals surface area (Å²) in [5.74, 6) is 2.05. The molecule has 2 aromatic carbocycles. The second kappa shape index (κ2) is 43.6. The molecule has 0 aliphatic carbocycles. The summed E-state index contributed by atoms with van der Waals surface area (Å²) in [6.45, 7) is 24.1. The van der Waals surface area contributed by atoms with Gasteiger partial charge in [-0.15, -0.1) is 10.2 Å². The minimum Gasteiger partial charge on any atom is -0.491 e. The molecule has 0 spiro atoms. The fraction of sp³-hybridized carbons (Fsp3) is 0.638. The number of hydrogen-bond donors (Lipinski definition) is 10. The van der Waals surface area contributed by atoms with Gasteiger partial charge in [-0.3, -0.25) is 23.0 Å². The Balaban J connectivity index is 0.00000142. The summed E-state index contributed by atoms with van der Waals surface area (Å²) in [4.78, 5) is 32.3. The first-order valence-corrected chi connectivity index (χ1v) is 34.8. The number of carbonyl (C=O) groups excluding carboxylic acids is 3. The van der Waals surface area contributed by atoms with Crippen LogP contribution < -0.4 is 18.9 Å². The minimum atomic E-state index is -5.84. The van der Waals surface area contributed by atoms with Crippen LogP contribution in [-0.4, -0.2) is 236 Å². The molecule has 2 fully saturated rings. The van der Waals surface area contributed by atoms with Crippen LogP contribution in [0.1, 0.15) is 122 Å². The van der Waals surface area contributed by atoms with Crippen molar-refractivity contribution in [2.24, 2.45) is 0 Å². The standard InChI is InChI=1S/C26H38N2O9.C23H34N2O7.C6H10O5.3CHF3O3S.Sc/c1-7-33-26(32)34-13-20-21(29)22(30)23(31)25(36-20)37-24-19(16(6)28(27-24)14(2)3)12-17-8-10-18(11-9-17)35-15(4)5;1-12(2)25-14(5)17(10-15-6-8-16(9-7-15)30-13(3)4)22(24-25)32-23-21(29)20(28)19(27)18(11-26)31-23;1-3-9-5(7)11-6(8)10-4-2;3*2-1(3,4)8(5,6)7;/h8-11,14-15,20-23,25,29-31H,7,12-13H2,1-6H3;6-9,12-13,18-21,23,26-29H,10-11H2,1-5H3;3-4H2,1-2H3;3*(H,5,6,7);/t20-,21-,22+,23-,25+;18-,19-,20+,21-,23+;;;;;/m11...../s1. The summed E-state index contributed by atoms with van der Waals surface area (Å²) in [6, 6.07) is 15.6. The first-order chi connectivity index (χ1) is 47.6. The molecule has 34 nitrogen and oxygen atoms in total. The first-order valence-electron chi connectivity index (χ1n) is 30.5. The van der Waals surface area contributed by atoms with Crippen molar-refractivity contribution < 1.29 is 207 Å². The molecule has 0 amide bonds. The zero-order valence-corrected chi connectivity index (χ0v) is 62.5. The van der Waals surface area contributed by atoms with E-state index < -0.39 is 140 Å². The van der Waals surface area contributed by atoms with Crippen molar-refractivity contribution in [1.29, 1.82) is 0 Å². The molecule has 2 saturated heterocycles. The van der Waals surface area contributed by atoms with Crippen LogP contribution in [0.5, 0.6) is 23.3 Å². The summed E-state index contributed by atoms with van der Waals surface area (Å²) in [5, 5.41) is 80.3. The number of nitrogens with zero attached hydrogens (tertiary/aromatic N) is 4. The molecular formula is C58H85F9N4O30S3Sc. The normalized spacial score (nSPS) is 20.4. The van der Waals surface area contributed by atoms with Crippen LogP contribution in [-0.2, 0) is 102 Å². The molecule has 6 rings (SSSR count). The number of alkyl halides is 9. The summed E-state index contributed by atoms with van der Waals surface area (Å²) in [7, 11) is -17.5. The van der Waals surface area contributed by atoms with E-state index in [1.165, 1.54) is 0 Å². The average molecular weight is 1630 g/mol. The number of benzene rings is 2. The van der Waals surface area contributed by atoms with Gasteiger partial charge < -0.3 is 87.9 Å². The van der Waals surface area contributed by atoms with E-state index in [1.807, 2.05) is 127 Å². The predicted molar refractivity (Wildman–Crippen MR) is 337 cm³/mol. The first kappa shape index (κ1) is 98.7. The van der Waals surface area contributed by atoms with E-state index in [0.29, 0.717) is 12.8 Å². The van der Waals surface area contributed by atoms with E-state index in [0.717, 1.165) is 45.1 Å². The second-order valence-electron chi connectivity index (χ2n) is 22.5. The Labute approximate surface area is 615 Å². The molecule has 0 saturated carbocycles. The Morgan fingerprint density at radius 1 is 0.486 bits per heavy atom. The number of hydrogen-bond acceptors (Lipinski definition) is 29. The molecule has 4 aromatic rings. The Hall–Kier alpha value is -6.32. The maximum atomic E-state index is 11.6. The smallest absolute Gasteiger partial charge is 0.491 e. The fourth-order valence-electron chi connectivity index (χ4n) is 8.19. The summed E-state index contributed by atoms with van der Waals surface area (Å²) >= 11 is 0. The second-order valence-corrected chi connectivity index (χ2v) is 26.7. The molecule has 10 atom stereocenters. The number of rotatable bonds is 20. The molecule has 0 unspecified atom stereocenters. The molecule has 4 heterocycles. The van der Waals surface area contributed by atoms with Gasteiger partial charge in [-0.25, -0.2) is 14.4 Å². The van der Waals surface area contributed by atoms with E-state index >= 15 is 0 Å². The Morgan fingerprint density at radius 3 is 1.04 bits per heavy atom. The monoisotopic (exact) mass is 1630 g/mol. The molecule has 0 bridgehead atoms. The number of halogens is 9. The topological polar surface area (TPSA) is 493 Å². The van der Waals surface area contributed by atoms with Crippen molar-refractivity contribution in [2.75, 3.05) is 33.0 Å². The Kier molecular flexibility index (Phi) is 41.0. The van der Waals surface area contributed by atoms with Gasteiger partial charge in [0.05, 0.1) is 38.6 Å². The summed E-state index contributed by atoms with van der Waals surface area (Å²) in [6.07, 6.45) is -15.9. The van der Waals surface area contributed by atoms with Gasteiger partial charge in [-0.05, 0) is 125 Å². The van der Waals surface area contributed by atoms with Crippen LogP contribution >= 0.6 is 0 Å². The third kappa shape index (κ3) is 33.0. The van der Waals surface area contributed by atoms with E-state index in [1.54, 1.807) is 20.8 Å². The van der Waals surface area contributed by atoms with Crippen molar-refractivity contribution in [3.63, 3.8) is 0 Å². The quantitative estimate of drug-likeness (QED) is 0.0115. The van der Waals surface area contributed by atoms with Crippen molar-refractivity contribution in [3.05, 3.63) is 82.2 Å². The van der Waals surface area contributed by atoms with Crippen molar-refractivity contribution >= 4 is 48.8 Å². The number of ether oxygens (including phenoxy) is 11.